The minimum absolute atomic E-state index is 0.181. The van der Waals surface area contributed by atoms with Crippen LogP contribution in [-0.2, 0) is 6.42 Å². The highest BCUT2D eigenvalue weighted by Gasteiger charge is 2.13. The summed E-state index contributed by atoms with van der Waals surface area (Å²) < 4.78 is 2.14. The van der Waals surface area contributed by atoms with Crippen molar-refractivity contribution in [1.29, 1.82) is 0 Å². The van der Waals surface area contributed by atoms with E-state index in [0.717, 1.165) is 30.9 Å². The van der Waals surface area contributed by atoms with Gasteiger partial charge in [-0.3, -0.25) is 0 Å². The molecule has 0 unspecified atom stereocenters. The second kappa shape index (κ2) is 4.92. The van der Waals surface area contributed by atoms with E-state index < -0.39 is 0 Å². The van der Waals surface area contributed by atoms with Crippen molar-refractivity contribution in [3.63, 3.8) is 0 Å². The summed E-state index contributed by atoms with van der Waals surface area (Å²) in [6, 6.07) is 1.96. The Morgan fingerprint density at radius 1 is 1.38 bits per heavy atom. The molecule has 0 aliphatic heterocycles. The van der Waals surface area contributed by atoms with Gasteiger partial charge in [-0.2, -0.15) is 0 Å². The fourth-order valence-electron chi connectivity index (χ4n) is 1.54. The van der Waals surface area contributed by atoms with E-state index in [9.17, 15) is 0 Å². The third kappa shape index (κ3) is 2.17. The molecule has 0 bridgehead atoms. The van der Waals surface area contributed by atoms with E-state index in [0.29, 0.717) is 5.15 Å². The molecule has 2 aromatic rings. The molecule has 1 aromatic heterocycles. The topological polar surface area (TPSA) is 25.8 Å². The zero-order valence-corrected chi connectivity index (χ0v) is 13.4. The molecule has 0 atom stereocenters. The average Bonchev–Trinajstić information content (AvgIpc) is 2.22. The van der Waals surface area contributed by atoms with Crippen molar-refractivity contribution in [2.45, 2.75) is 13.3 Å². The van der Waals surface area contributed by atoms with Crippen molar-refractivity contribution in [3.8, 4) is 0 Å². The Balaban J connectivity index is 2.96. The molecule has 1 heterocycles. The third-order valence-electron chi connectivity index (χ3n) is 2.26. The predicted molar refractivity (Wildman–Crippen MR) is 79.4 cm³/mol. The summed E-state index contributed by atoms with van der Waals surface area (Å²) >= 11 is 17.7. The quantitative estimate of drug-likeness (QED) is 0.366. The van der Waals surface area contributed by atoms with E-state index in [1.54, 1.807) is 0 Å². The van der Waals surface area contributed by atoms with E-state index in [4.69, 9.17) is 23.2 Å². The van der Waals surface area contributed by atoms with Gasteiger partial charge in [0.25, 0.3) is 0 Å². The van der Waals surface area contributed by atoms with Crippen molar-refractivity contribution < 1.29 is 0 Å². The molecule has 0 amide bonds. The first-order valence-electron chi connectivity index (χ1n) is 4.54. The number of hydrogen-bond acceptors (Lipinski definition) is 2. The number of benzene rings is 1. The maximum atomic E-state index is 6.06. The lowest BCUT2D eigenvalue weighted by Crippen LogP contribution is -1.95. The van der Waals surface area contributed by atoms with Crippen LogP contribution in [0, 0.1) is 3.57 Å². The summed E-state index contributed by atoms with van der Waals surface area (Å²) in [5.41, 5.74) is 1.92. The SMILES string of the molecule is CCc1c(Br)c(I)cc2c(Cl)nc(Cl)nc12. The van der Waals surface area contributed by atoms with Crippen LogP contribution in [0.5, 0.6) is 0 Å². The fraction of sp³-hybridized carbons (Fsp3) is 0.200. The Kier molecular flexibility index (Phi) is 3.93. The van der Waals surface area contributed by atoms with Gasteiger partial charge in [-0.05, 0) is 68.2 Å². The van der Waals surface area contributed by atoms with Gasteiger partial charge in [0, 0.05) is 13.4 Å². The Labute approximate surface area is 125 Å². The number of aromatic nitrogens is 2. The highest BCUT2D eigenvalue weighted by atomic mass is 127. The van der Waals surface area contributed by atoms with Crippen molar-refractivity contribution in [2.24, 2.45) is 0 Å². The molecular formula is C10H6BrCl2IN2. The Bertz CT molecular complexity index is 574. The zero-order chi connectivity index (χ0) is 11.9. The van der Waals surface area contributed by atoms with Crippen molar-refractivity contribution in [3.05, 3.63) is 30.1 Å². The van der Waals surface area contributed by atoms with Crippen molar-refractivity contribution in [1.82, 2.24) is 9.97 Å². The van der Waals surface area contributed by atoms with Crippen molar-refractivity contribution >= 4 is 72.6 Å². The first-order valence-corrected chi connectivity index (χ1v) is 7.17. The van der Waals surface area contributed by atoms with Crippen LogP contribution in [0.15, 0.2) is 10.5 Å². The summed E-state index contributed by atoms with van der Waals surface area (Å²) in [6.45, 7) is 2.07. The molecule has 6 heteroatoms. The summed E-state index contributed by atoms with van der Waals surface area (Å²) in [4.78, 5) is 8.19. The maximum Gasteiger partial charge on any atom is 0.224 e. The van der Waals surface area contributed by atoms with Crippen LogP contribution in [0.4, 0.5) is 0 Å². The lowest BCUT2D eigenvalue weighted by molar-refractivity contribution is 1.11. The monoisotopic (exact) mass is 430 g/mol. The van der Waals surface area contributed by atoms with Crippen LogP contribution < -0.4 is 0 Å². The molecule has 1 aromatic carbocycles. The van der Waals surface area contributed by atoms with Crippen LogP contribution in [-0.4, -0.2) is 9.97 Å². The molecule has 0 aliphatic rings. The molecule has 0 fully saturated rings. The van der Waals surface area contributed by atoms with Crippen LogP contribution >= 0.6 is 61.7 Å². The van der Waals surface area contributed by atoms with E-state index in [1.807, 2.05) is 6.07 Å². The van der Waals surface area contributed by atoms with Gasteiger partial charge < -0.3 is 0 Å². The molecule has 2 rings (SSSR count). The van der Waals surface area contributed by atoms with Crippen LogP contribution in [0.1, 0.15) is 12.5 Å². The Morgan fingerprint density at radius 3 is 2.69 bits per heavy atom. The van der Waals surface area contributed by atoms with E-state index in [2.05, 4.69) is 55.4 Å². The number of rotatable bonds is 1. The van der Waals surface area contributed by atoms with Gasteiger partial charge in [-0.15, -0.1) is 0 Å². The molecular weight excluding hydrogens is 426 g/mol. The number of fused-ring (bicyclic) bond motifs is 1. The van der Waals surface area contributed by atoms with Crippen LogP contribution in [0.3, 0.4) is 0 Å². The molecule has 2 nitrogen and oxygen atoms in total. The number of hydrogen-bond donors (Lipinski definition) is 0. The molecule has 0 N–H and O–H groups in total. The van der Waals surface area contributed by atoms with Gasteiger partial charge in [0.2, 0.25) is 5.28 Å². The molecule has 16 heavy (non-hydrogen) atoms. The predicted octanol–water partition coefficient (Wildman–Crippen LogP) is 4.87. The third-order valence-corrected chi connectivity index (χ3v) is 5.21. The van der Waals surface area contributed by atoms with Gasteiger partial charge >= 0.3 is 0 Å². The average molecular weight is 432 g/mol. The first kappa shape index (κ1) is 12.8. The summed E-state index contributed by atoms with van der Waals surface area (Å²) in [5, 5.41) is 1.42. The summed E-state index contributed by atoms with van der Waals surface area (Å²) in [7, 11) is 0. The largest absolute Gasteiger partial charge is 0.224 e. The highest BCUT2D eigenvalue weighted by Crippen LogP contribution is 2.33. The van der Waals surface area contributed by atoms with Crippen LogP contribution in [0.2, 0.25) is 10.4 Å². The van der Waals surface area contributed by atoms with E-state index in [1.165, 1.54) is 0 Å². The molecule has 0 radical (unpaired) electrons. The second-order valence-corrected chi connectivity index (χ2v) is 5.84. The lowest BCUT2D eigenvalue weighted by Gasteiger charge is -2.09. The normalized spacial score (nSPS) is 11.1. The first-order chi connectivity index (χ1) is 7.54. The Hall–Kier alpha value is 0.350. The molecule has 84 valence electrons. The highest BCUT2D eigenvalue weighted by molar-refractivity contribution is 14.1. The van der Waals surface area contributed by atoms with E-state index in [-0.39, 0.29) is 5.28 Å². The Morgan fingerprint density at radius 2 is 2.06 bits per heavy atom. The van der Waals surface area contributed by atoms with Gasteiger partial charge in [0.1, 0.15) is 5.15 Å². The number of nitrogens with zero attached hydrogens (tertiary/aromatic N) is 2. The van der Waals surface area contributed by atoms with Crippen molar-refractivity contribution in [2.75, 3.05) is 0 Å². The standard InChI is InChI=1S/C10H6BrCl2IN2/c1-2-4-7(11)6(14)3-5-8(4)15-10(13)16-9(5)12/h3H,2H2,1H3. The maximum absolute atomic E-state index is 6.06. The summed E-state index contributed by atoms with van der Waals surface area (Å²) in [6.07, 6.45) is 0.859. The summed E-state index contributed by atoms with van der Waals surface area (Å²) in [5.74, 6) is 0. The van der Waals surface area contributed by atoms with Gasteiger partial charge in [-0.25, -0.2) is 9.97 Å². The minimum Gasteiger partial charge on any atom is -0.217 e. The van der Waals surface area contributed by atoms with Gasteiger partial charge in [0.15, 0.2) is 0 Å². The van der Waals surface area contributed by atoms with Gasteiger partial charge in [-0.1, -0.05) is 18.5 Å². The smallest absolute Gasteiger partial charge is 0.217 e. The number of aryl methyl sites for hydroxylation is 1. The second-order valence-electron chi connectivity index (χ2n) is 3.18. The van der Waals surface area contributed by atoms with Gasteiger partial charge in [0.05, 0.1) is 5.52 Å². The van der Waals surface area contributed by atoms with E-state index >= 15 is 0 Å². The minimum atomic E-state index is 0.181. The van der Waals surface area contributed by atoms with Crippen LogP contribution in [0.25, 0.3) is 10.9 Å². The molecule has 0 aliphatic carbocycles. The zero-order valence-electron chi connectivity index (χ0n) is 8.19. The fourth-order valence-corrected chi connectivity index (χ4v) is 3.19. The number of halogens is 4. The molecule has 0 spiro atoms. The lowest BCUT2D eigenvalue weighted by atomic mass is 10.1. The molecule has 0 saturated heterocycles. The molecule has 0 saturated carbocycles.